The number of benzene rings is 6. The molecule has 0 aliphatic carbocycles. The minimum absolute atomic E-state index is 0.139. The van der Waals surface area contributed by atoms with Gasteiger partial charge in [-0.05, 0) is 46.6 Å². The van der Waals surface area contributed by atoms with Gasteiger partial charge in [0.15, 0.2) is 5.60 Å². The lowest BCUT2D eigenvalue weighted by Gasteiger charge is -2.37. The van der Waals surface area contributed by atoms with E-state index in [4.69, 9.17) is 9.47 Å². The molecular formula is C46H43NO2. The van der Waals surface area contributed by atoms with Crippen LogP contribution < -0.4 is 9.47 Å². The van der Waals surface area contributed by atoms with Gasteiger partial charge in [-0.1, -0.05) is 145 Å². The fourth-order valence-electron chi connectivity index (χ4n) is 7.77. The minimum Gasteiger partial charge on any atom is -0.496 e. The molecule has 0 saturated carbocycles. The molecule has 3 nitrogen and oxygen atoms in total. The van der Waals surface area contributed by atoms with Crippen molar-refractivity contribution < 1.29 is 9.47 Å². The zero-order valence-corrected chi connectivity index (χ0v) is 29.5. The van der Waals surface area contributed by atoms with Gasteiger partial charge in [0.05, 0.1) is 18.1 Å². The number of rotatable bonds is 4. The fourth-order valence-corrected chi connectivity index (χ4v) is 7.77. The monoisotopic (exact) mass is 641 g/mol. The van der Waals surface area contributed by atoms with Crippen molar-refractivity contribution in [2.45, 2.75) is 58.0 Å². The highest BCUT2D eigenvalue weighted by atomic mass is 16.5. The highest BCUT2D eigenvalue weighted by molar-refractivity contribution is 6.25. The summed E-state index contributed by atoms with van der Waals surface area (Å²) in [5.41, 5.74) is 8.01. The van der Waals surface area contributed by atoms with E-state index >= 15 is 0 Å². The first kappa shape index (κ1) is 31.0. The molecule has 0 fully saturated rings. The molecule has 0 saturated heterocycles. The largest absolute Gasteiger partial charge is 0.496 e. The smallest absolute Gasteiger partial charge is 0.178 e. The summed E-state index contributed by atoms with van der Waals surface area (Å²) in [7, 11) is 1.80. The van der Waals surface area contributed by atoms with Crippen LogP contribution in [0.1, 0.15) is 69.4 Å². The molecule has 0 unspecified atom stereocenters. The number of nitrogens with zero attached hydrogens (tertiary/aromatic N) is 1. The van der Waals surface area contributed by atoms with Crippen molar-refractivity contribution in [1.29, 1.82) is 0 Å². The van der Waals surface area contributed by atoms with Crippen molar-refractivity contribution in [1.82, 2.24) is 4.57 Å². The predicted octanol–water partition coefficient (Wildman–Crippen LogP) is 11.9. The van der Waals surface area contributed by atoms with Crippen molar-refractivity contribution in [3.63, 3.8) is 0 Å². The Labute approximate surface area is 289 Å². The zero-order chi connectivity index (χ0) is 34.1. The van der Waals surface area contributed by atoms with Crippen molar-refractivity contribution in [2.24, 2.45) is 0 Å². The Hall–Kier alpha value is -5.28. The molecule has 7 aromatic rings. The zero-order valence-electron chi connectivity index (χ0n) is 29.5. The highest BCUT2D eigenvalue weighted by Crippen LogP contribution is 2.51. The molecule has 0 radical (unpaired) electrons. The Bertz CT molecular complexity index is 2330. The van der Waals surface area contributed by atoms with Gasteiger partial charge >= 0.3 is 0 Å². The molecular weight excluding hydrogens is 599 g/mol. The molecule has 1 aliphatic heterocycles. The molecule has 49 heavy (non-hydrogen) atoms. The summed E-state index contributed by atoms with van der Waals surface area (Å²) in [5, 5.41) is 4.74. The molecule has 0 atom stereocenters. The maximum Gasteiger partial charge on any atom is 0.178 e. The molecule has 0 N–H and O–H groups in total. The van der Waals surface area contributed by atoms with Crippen LogP contribution in [0.5, 0.6) is 11.5 Å². The van der Waals surface area contributed by atoms with Crippen LogP contribution in [0.4, 0.5) is 0 Å². The lowest BCUT2D eigenvalue weighted by molar-refractivity contribution is 0.164. The van der Waals surface area contributed by atoms with Gasteiger partial charge in [-0.25, -0.2) is 0 Å². The van der Waals surface area contributed by atoms with Crippen LogP contribution in [0.15, 0.2) is 127 Å². The maximum absolute atomic E-state index is 7.47. The molecule has 0 bridgehead atoms. The van der Waals surface area contributed by atoms with E-state index in [9.17, 15) is 0 Å². The number of para-hydroxylation sites is 1. The molecule has 8 rings (SSSR count). The van der Waals surface area contributed by atoms with Gasteiger partial charge in [0.1, 0.15) is 11.5 Å². The van der Waals surface area contributed by atoms with E-state index < -0.39 is 5.60 Å². The molecule has 6 aromatic carbocycles. The molecule has 0 spiro atoms. The van der Waals surface area contributed by atoms with Crippen LogP contribution in [0.25, 0.3) is 44.3 Å². The predicted molar refractivity (Wildman–Crippen MR) is 206 cm³/mol. The minimum atomic E-state index is -0.790. The normalized spacial score (nSPS) is 14.3. The van der Waals surface area contributed by atoms with Gasteiger partial charge in [0, 0.05) is 49.7 Å². The second-order valence-corrected chi connectivity index (χ2v) is 15.3. The van der Waals surface area contributed by atoms with Crippen LogP contribution in [0.3, 0.4) is 0 Å². The van der Waals surface area contributed by atoms with E-state index in [0.717, 1.165) is 50.3 Å². The average Bonchev–Trinajstić information content (AvgIpc) is 3.46. The van der Waals surface area contributed by atoms with E-state index in [2.05, 4.69) is 180 Å². The van der Waals surface area contributed by atoms with E-state index in [1.165, 1.54) is 27.3 Å². The molecule has 3 heteroatoms. The average molecular weight is 642 g/mol. The van der Waals surface area contributed by atoms with Crippen molar-refractivity contribution in [2.75, 3.05) is 7.11 Å². The first-order chi connectivity index (χ1) is 23.5. The molecule has 1 aliphatic rings. The van der Waals surface area contributed by atoms with Crippen molar-refractivity contribution in [3.8, 4) is 17.2 Å². The second-order valence-electron chi connectivity index (χ2n) is 15.3. The van der Waals surface area contributed by atoms with E-state index in [0.29, 0.717) is 0 Å². The van der Waals surface area contributed by atoms with Gasteiger partial charge in [0.25, 0.3) is 0 Å². The third kappa shape index (κ3) is 4.78. The molecule has 1 aromatic heterocycles. The summed E-state index contributed by atoms with van der Waals surface area (Å²) < 4.78 is 16.1. The van der Waals surface area contributed by atoms with E-state index in [-0.39, 0.29) is 10.8 Å². The van der Waals surface area contributed by atoms with Gasteiger partial charge in [-0.15, -0.1) is 0 Å². The fraction of sp³-hybridized carbons (Fsp3) is 0.217. The third-order valence-corrected chi connectivity index (χ3v) is 10.1. The summed E-state index contributed by atoms with van der Waals surface area (Å²) in [6.45, 7) is 13.6. The Balaban J connectivity index is 1.53. The van der Waals surface area contributed by atoms with Gasteiger partial charge < -0.3 is 14.0 Å². The van der Waals surface area contributed by atoms with Crippen LogP contribution in [-0.4, -0.2) is 11.7 Å². The lowest BCUT2D eigenvalue weighted by Crippen LogP contribution is -2.34. The Morgan fingerprint density at radius 2 is 1.12 bits per heavy atom. The second kappa shape index (κ2) is 11.1. The molecule has 244 valence electrons. The van der Waals surface area contributed by atoms with Gasteiger partial charge in [-0.3, -0.25) is 0 Å². The lowest BCUT2D eigenvalue weighted by atomic mass is 9.79. The third-order valence-electron chi connectivity index (χ3n) is 10.1. The summed E-state index contributed by atoms with van der Waals surface area (Å²) in [6.07, 6.45) is 4.56. The number of methoxy groups -OCH3 is 1. The first-order valence-corrected chi connectivity index (χ1v) is 17.2. The van der Waals surface area contributed by atoms with Gasteiger partial charge in [0.2, 0.25) is 0 Å². The van der Waals surface area contributed by atoms with Crippen LogP contribution in [0.2, 0.25) is 0 Å². The van der Waals surface area contributed by atoms with Crippen LogP contribution >= 0.6 is 0 Å². The molecule has 2 heterocycles. The SMILES string of the molecule is COc1c(C(C)(C)C)cc(-n2c3ccccc3c3c4ccccc4c4c(c32)C=CC(c2ccccc2)(c2ccccc2)O4)cc1C(C)(C)C. The van der Waals surface area contributed by atoms with Crippen molar-refractivity contribution >= 4 is 38.7 Å². The van der Waals surface area contributed by atoms with E-state index in [1.54, 1.807) is 7.11 Å². The van der Waals surface area contributed by atoms with Crippen LogP contribution in [0, 0.1) is 0 Å². The highest BCUT2D eigenvalue weighted by Gasteiger charge is 2.39. The number of hydrogen-bond acceptors (Lipinski definition) is 2. The summed E-state index contributed by atoms with van der Waals surface area (Å²) in [5.74, 6) is 1.86. The maximum atomic E-state index is 7.47. The standard InChI is InChI=1S/C46H43NO2/c1-44(2,3)37-28-32(29-38(43(37)48-7)45(4,5)6)47-39-25-17-16-24-35(39)40-33-22-14-15-23-34(33)42-36(41(40)47)26-27-46(49-42,30-18-10-8-11-19-30)31-20-12-9-13-21-31/h8-29H,1-7H3. The van der Waals surface area contributed by atoms with Gasteiger partial charge in [-0.2, -0.15) is 0 Å². The Morgan fingerprint density at radius 1 is 0.612 bits per heavy atom. The van der Waals surface area contributed by atoms with E-state index in [1.807, 2.05) is 0 Å². The first-order valence-electron chi connectivity index (χ1n) is 17.2. The van der Waals surface area contributed by atoms with Crippen molar-refractivity contribution in [3.05, 3.63) is 155 Å². The summed E-state index contributed by atoms with van der Waals surface area (Å²) in [6, 6.07) is 43.4. The number of fused-ring (bicyclic) bond motifs is 8. The van der Waals surface area contributed by atoms with Crippen LogP contribution in [-0.2, 0) is 16.4 Å². The topological polar surface area (TPSA) is 23.4 Å². The number of ether oxygens (including phenoxy) is 2. The number of aromatic nitrogens is 1. The molecule has 0 amide bonds. The summed E-state index contributed by atoms with van der Waals surface area (Å²) >= 11 is 0. The quantitative estimate of drug-likeness (QED) is 0.191. The Morgan fingerprint density at radius 3 is 1.67 bits per heavy atom. The number of hydrogen-bond donors (Lipinski definition) is 0. The Kier molecular flexibility index (Phi) is 7.05. The summed E-state index contributed by atoms with van der Waals surface area (Å²) in [4.78, 5) is 0.